The van der Waals surface area contributed by atoms with Gasteiger partial charge in [-0.1, -0.05) is 30.3 Å². The third-order valence-corrected chi connectivity index (χ3v) is 6.02. The van der Waals surface area contributed by atoms with Crippen molar-refractivity contribution in [1.29, 1.82) is 0 Å². The number of aromatic hydroxyl groups is 2. The number of aryl methyl sites for hydroxylation is 2. The molecule has 0 radical (unpaired) electrons. The minimum Gasteiger partial charge on any atom is -0.508 e. The fourth-order valence-electron chi connectivity index (χ4n) is 4.53. The molecule has 166 valence electrons. The van der Waals surface area contributed by atoms with Gasteiger partial charge in [-0.2, -0.15) is 5.10 Å². The largest absolute Gasteiger partial charge is 0.508 e. The first-order valence-electron chi connectivity index (χ1n) is 10.6. The van der Waals surface area contributed by atoms with E-state index in [1.54, 1.807) is 35.2 Å². The lowest BCUT2D eigenvalue weighted by Crippen LogP contribution is -2.29. The van der Waals surface area contributed by atoms with Crippen LogP contribution in [-0.2, 0) is 6.54 Å². The van der Waals surface area contributed by atoms with Gasteiger partial charge in [0.2, 0.25) is 0 Å². The minimum absolute atomic E-state index is 0.0782. The summed E-state index contributed by atoms with van der Waals surface area (Å²) in [6.45, 7) is 3.99. The SMILES string of the molecule is Cc1cc(C)c(O)c(-c2n[nH]c3c2[C@@H](c2cccc(O)c2)N(Cc2ccc(F)cc2)C3=O)c1. The number of carbonyl (C=O) groups excluding carboxylic acids is 1. The molecule has 0 aliphatic carbocycles. The van der Waals surface area contributed by atoms with Crippen LogP contribution in [0.25, 0.3) is 11.3 Å². The molecule has 0 unspecified atom stereocenters. The first kappa shape index (κ1) is 20.8. The summed E-state index contributed by atoms with van der Waals surface area (Å²) in [5.74, 6) is -0.424. The molecule has 7 heteroatoms. The van der Waals surface area contributed by atoms with Crippen LogP contribution in [0.1, 0.15) is 44.3 Å². The summed E-state index contributed by atoms with van der Waals surface area (Å²) in [6, 6.07) is 15.9. The van der Waals surface area contributed by atoms with Gasteiger partial charge in [0.15, 0.2) is 0 Å². The standard InChI is InChI=1S/C26H22FN3O3/c1-14-10-15(2)25(32)20(11-14)22-21-23(29-28-22)26(33)30(13-16-6-8-18(27)9-7-16)24(21)17-4-3-5-19(31)12-17/h3-12,24,31-32H,13H2,1-2H3,(H,28,29)/t24-/m1/s1. The summed E-state index contributed by atoms with van der Waals surface area (Å²) in [5.41, 5.74) is 5.12. The average Bonchev–Trinajstić information content (AvgIpc) is 3.31. The zero-order valence-electron chi connectivity index (χ0n) is 18.1. The first-order chi connectivity index (χ1) is 15.8. The molecular formula is C26H22FN3O3. The summed E-state index contributed by atoms with van der Waals surface area (Å²) in [6.07, 6.45) is 0. The van der Waals surface area contributed by atoms with Crippen molar-refractivity contribution < 1.29 is 19.4 Å². The van der Waals surface area contributed by atoms with Crippen LogP contribution in [0.2, 0.25) is 0 Å². The summed E-state index contributed by atoms with van der Waals surface area (Å²) < 4.78 is 13.4. The molecule has 0 spiro atoms. The Kier molecular flexibility index (Phi) is 4.89. The number of rotatable bonds is 4. The van der Waals surface area contributed by atoms with Crippen LogP contribution < -0.4 is 0 Å². The van der Waals surface area contributed by atoms with E-state index in [0.29, 0.717) is 33.6 Å². The molecule has 1 aromatic heterocycles. The molecule has 6 nitrogen and oxygen atoms in total. The zero-order chi connectivity index (χ0) is 23.3. The Hall–Kier alpha value is -4.13. The van der Waals surface area contributed by atoms with Gasteiger partial charge in [-0.15, -0.1) is 0 Å². The van der Waals surface area contributed by atoms with Crippen molar-refractivity contribution in [1.82, 2.24) is 15.1 Å². The molecule has 0 fully saturated rings. The van der Waals surface area contributed by atoms with E-state index in [4.69, 9.17) is 0 Å². The highest BCUT2D eigenvalue weighted by Crippen LogP contribution is 2.46. The molecule has 0 bridgehead atoms. The van der Waals surface area contributed by atoms with Crippen LogP contribution >= 0.6 is 0 Å². The summed E-state index contributed by atoms with van der Waals surface area (Å²) in [7, 11) is 0. The predicted octanol–water partition coefficient (Wildman–Crippen LogP) is 4.99. The van der Waals surface area contributed by atoms with E-state index in [9.17, 15) is 19.4 Å². The number of fused-ring (bicyclic) bond motifs is 1. The second-order valence-corrected chi connectivity index (χ2v) is 8.40. The maximum atomic E-state index is 13.5. The van der Waals surface area contributed by atoms with E-state index < -0.39 is 6.04 Å². The number of phenolic OH excluding ortho intramolecular Hbond substituents is 2. The monoisotopic (exact) mass is 443 g/mol. The number of aromatic nitrogens is 2. The van der Waals surface area contributed by atoms with Crippen molar-refractivity contribution in [2.24, 2.45) is 0 Å². The van der Waals surface area contributed by atoms with Crippen LogP contribution in [-0.4, -0.2) is 31.2 Å². The van der Waals surface area contributed by atoms with E-state index in [1.807, 2.05) is 32.0 Å². The van der Waals surface area contributed by atoms with Crippen molar-refractivity contribution in [3.8, 4) is 22.8 Å². The second-order valence-electron chi connectivity index (χ2n) is 8.40. The third kappa shape index (κ3) is 3.51. The number of benzene rings is 3. The first-order valence-corrected chi connectivity index (χ1v) is 10.6. The Morgan fingerprint density at radius 1 is 1.06 bits per heavy atom. The Labute approximate surface area is 189 Å². The number of amides is 1. The molecule has 33 heavy (non-hydrogen) atoms. The number of halogens is 1. The lowest BCUT2D eigenvalue weighted by Gasteiger charge is -2.26. The number of H-pyrrole nitrogens is 1. The Morgan fingerprint density at radius 2 is 1.82 bits per heavy atom. The third-order valence-electron chi connectivity index (χ3n) is 6.02. The van der Waals surface area contributed by atoms with Crippen molar-refractivity contribution in [3.05, 3.63) is 100.0 Å². The topological polar surface area (TPSA) is 89.4 Å². The smallest absolute Gasteiger partial charge is 0.273 e. The molecule has 5 rings (SSSR count). The van der Waals surface area contributed by atoms with Gasteiger partial charge in [-0.3, -0.25) is 9.89 Å². The highest BCUT2D eigenvalue weighted by atomic mass is 19.1. The fraction of sp³-hybridized carbons (Fsp3) is 0.154. The normalized spacial score (nSPS) is 15.2. The highest BCUT2D eigenvalue weighted by molar-refractivity contribution is 6.00. The van der Waals surface area contributed by atoms with Crippen LogP contribution in [0.5, 0.6) is 11.5 Å². The molecule has 0 saturated heterocycles. The van der Waals surface area contributed by atoms with E-state index in [2.05, 4.69) is 10.2 Å². The minimum atomic E-state index is -0.557. The van der Waals surface area contributed by atoms with Gasteiger partial charge in [-0.05, 0) is 66.4 Å². The van der Waals surface area contributed by atoms with Gasteiger partial charge in [0.1, 0.15) is 28.7 Å². The maximum Gasteiger partial charge on any atom is 0.273 e. The van der Waals surface area contributed by atoms with Crippen LogP contribution in [0.4, 0.5) is 4.39 Å². The van der Waals surface area contributed by atoms with Gasteiger partial charge in [0.05, 0.1) is 6.04 Å². The van der Waals surface area contributed by atoms with Crippen molar-refractivity contribution >= 4 is 5.91 Å². The van der Waals surface area contributed by atoms with Gasteiger partial charge in [0.25, 0.3) is 5.91 Å². The number of hydrogen-bond acceptors (Lipinski definition) is 4. The number of phenols is 2. The average molecular weight is 443 g/mol. The molecule has 0 saturated carbocycles. The maximum absolute atomic E-state index is 13.5. The predicted molar refractivity (Wildman–Crippen MR) is 121 cm³/mol. The van der Waals surface area contributed by atoms with Crippen molar-refractivity contribution in [2.75, 3.05) is 0 Å². The molecule has 4 aromatic rings. The molecule has 1 atom stereocenters. The van der Waals surface area contributed by atoms with Gasteiger partial charge in [0, 0.05) is 17.7 Å². The van der Waals surface area contributed by atoms with E-state index >= 15 is 0 Å². The number of hydrogen-bond donors (Lipinski definition) is 3. The molecule has 1 aliphatic heterocycles. The molecule has 3 aromatic carbocycles. The van der Waals surface area contributed by atoms with Crippen molar-refractivity contribution in [3.63, 3.8) is 0 Å². The van der Waals surface area contributed by atoms with Gasteiger partial charge in [-0.25, -0.2) is 4.39 Å². The molecular weight excluding hydrogens is 421 g/mol. The quantitative estimate of drug-likeness (QED) is 0.415. The Balaban J connectivity index is 1.69. The number of nitrogens with zero attached hydrogens (tertiary/aromatic N) is 2. The Bertz CT molecular complexity index is 1380. The molecule has 1 amide bonds. The summed E-state index contributed by atoms with van der Waals surface area (Å²) in [5, 5.41) is 28.2. The van der Waals surface area contributed by atoms with Crippen LogP contribution in [0.3, 0.4) is 0 Å². The molecule has 1 aliphatic rings. The molecule has 3 N–H and O–H groups in total. The van der Waals surface area contributed by atoms with Crippen molar-refractivity contribution in [2.45, 2.75) is 26.4 Å². The van der Waals surface area contributed by atoms with Crippen LogP contribution in [0.15, 0.2) is 60.7 Å². The zero-order valence-corrected chi connectivity index (χ0v) is 18.1. The lowest BCUT2D eigenvalue weighted by molar-refractivity contribution is 0.0730. The summed E-state index contributed by atoms with van der Waals surface area (Å²) >= 11 is 0. The van der Waals surface area contributed by atoms with E-state index in [0.717, 1.165) is 11.1 Å². The van der Waals surface area contributed by atoms with Gasteiger partial charge < -0.3 is 15.1 Å². The second kappa shape index (κ2) is 7.78. The van der Waals surface area contributed by atoms with E-state index in [-0.39, 0.29) is 29.8 Å². The Morgan fingerprint density at radius 3 is 2.55 bits per heavy atom. The molecule has 2 heterocycles. The van der Waals surface area contributed by atoms with E-state index in [1.165, 1.54) is 12.1 Å². The summed E-state index contributed by atoms with van der Waals surface area (Å²) in [4.78, 5) is 15.1. The number of carbonyl (C=O) groups is 1. The fourth-order valence-corrected chi connectivity index (χ4v) is 4.53. The lowest BCUT2D eigenvalue weighted by atomic mass is 9.94. The van der Waals surface area contributed by atoms with Gasteiger partial charge >= 0.3 is 0 Å². The number of nitrogens with one attached hydrogen (secondary N) is 1. The van der Waals surface area contributed by atoms with Crippen LogP contribution in [0, 0.1) is 19.7 Å². The highest BCUT2D eigenvalue weighted by Gasteiger charge is 2.42. The number of aromatic amines is 1.